The Hall–Kier alpha value is -5.25. The lowest BCUT2D eigenvalue weighted by Crippen LogP contribution is -2.54. The highest BCUT2D eigenvalue weighted by Gasteiger charge is 2.45. The first kappa shape index (κ1) is 36.7. The molecule has 1 unspecified atom stereocenters. The molecule has 0 spiro atoms. The molecule has 5 aliphatic rings. The second-order valence-corrected chi connectivity index (χ2v) is 15.7. The second kappa shape index (κ2) is 15.1. The van der Waals surface area contributed by atoms with Crippen molar-refractivity contribution < 1.29 is 24.0 Å². The van der Waals surface area contributed by atoms with Gasteiger partial charge in [0.25, 0.3) is 17.7 Å². The Bertz CT molecular complexity index is 2050. The number of amides is 5. The van der Waals surface area contributed by atoms with Gasteiger partial charge in [-0.2, -0.15) is 5.26 Å². The summed E-state index contributed by atoms with van der Waals surface area (Å²) in [5.41, 5.74) is 5.98. The van der Waals surface area contributed by atoms with Crippen LogP contribution in [0.3, 0.4) is 0 Å². The van der Waals surface area contributed by atoms with Crippen LogP contribution in [0.1, 0.15) is 106 Å². The largest absolute Gasteiger partial charge is 0.371 e. The number of fused-ring (bicyclic) bond motifs is 2. The van der Waals surface area contributed by atoms with Crippen LogP contribution in [-0.2, 0) is 22.7 Å². The molecule has 3 aromatic carbocycles. The molecule has 0 aromatic heterocycles. The number of nitrogens with one attached hydrogen (secondary N) is 2. The molecule has 8 rings (SSSR count). The summed E-state index contributed by atoms with van der Waals surface area (Å²) in [5, 5.41) is 15.2. The third kappa shape index (κ3) is 7.07. The maximum atomic E-state index is 13.3. The summed E-state index contributed by atoms with van der Waals surface area (Å²) in [4.78, 5) is 72.1. The van der Waals surface area contributed by atoms with E-state index in [0.29, 0.717) is 52.4 Å². The summed E-state index contributed by atoms with van der Waals surface area (Å²) in [6.45, 7) is 6.11. The highest BCUT2D eigenvalue weighted by atomic mass is 35.5. The summed E-state index contributed by atoms with van der Waals surface area (Å²) < 4.78 is 0. The van der Waals surface area contributed by atoms with Crippen LogP contribution in [0, 0.1) is 11.3 Å². The third-order valence-electron chi connectivity index (χ3n) is 12.2. The molecule has 4 heterocycles. The number of hydrogen-bond acceptors (Lipinski definition) is 9. The van der Waals surface area contributed by atoms with Gasteiger partial charge in [0, 0.05) is 74.2 Å². The summed E-state index contributed by atoms with van der Waals surface area (Å²) in [6, 6.07) is 19.1. The van der Waals surface area contributed by atoms with Gasteiger partial charge < -0.3 is 15.1 Å². The predicted octanol–water partition coefficient (Wildman–Crippen LogP) is 5.16. The number of imide groups is 2. The highest BCUT2D eigenvalue weighted by Crippen LogP contribution is 2.36. The SMILES string of the molecule is CCN(c1ccc(C#N)c(Cl)c1)C1CCC(NC(=O)c2ccc(N3CCC(N4Cc5cc6c(cc5C4)C(=O)N(C4CCC(=O)NC4=O)C6=O)CC3)cc2)CC1. The Balaban J connectivity index is 0.809. The Morgan fingerprint density at radius 3 is 2.13 bits per heavy atom. The number of nitrogens with zero attached hydrogens (tertiary/aromatic N) is 5. The number of halogens is 1. The molecule has 3 fully saturated rings. The van der Waals surface area contributed by atoms with Crippen molar-refractivity contribution in [2.24, 2.45) is 0 Å². The van der Waals surface area contributed by atoms with Crippen LogP contribution in [0.5, 0.6) is 0 Å². The molecule has 4 aliphatic heterocycles. The van der Waals surface area contributed by atoms with Gasteiger partial charge in [-0.05, 0) is 118 Å². The quantitative estimate of drug-likeness (QED) is 0.297. The summed E-state index contributed by atoms with van der Waals surface area (Å²) in [7, 11) is 0. The molecule has 1 aliphatic carbocycles. The van der Waals surface area contributed by atoms with Crippen molar-refractivity contribution in [2.45, 2.75) is 95.5 Å². The van der Waals surface area contributed by atoms with Crippen LogP contribution in [0.25, 0.3) is 0 Å². The summed E-state index contributed by atoms with van der Waals surface area (Å²) in [6.07, 6.45) is 5.88. The van der Waals surface area contributed by atoms with Crippen LogP contribution in [0.2, 0.25) is 5.02 Å². The fourth-order valence-corrected chi connectivity index (χ4v) is 9.41. The van der Waals surface area contributed by atoms with Gasteiger partial charge in [0.05, 0.1) is 21.7 Å². The number of nitriles is 1. The van der Waals surface area contributed by atoms with Gasteiger partial charge in [-0.15, -0.1) is 0 Å². The number of hydrogen-bond donors (Lipinski definition) is 2. The molecule has 3 aromatic rings. The Morgan fingerprint density at radius 2 is 1.55 bits per heavy atom. The lowest BCUT2D eigenvalue weighted by Gasteiger charge is -2.38. The second-order valence-electron chi connectivity index (χ2n) is 15.3. The van der Waals surface area contributed by atoms with E-state index >= 15 is 0 Å². The van der Waals surface area contributed by atoms with Crippen molar-refractivity contribution >= 4 is 52.5 Å². The van der Waals surface area contributed by atoms with Crippen LogP contribution < -0.4 is 20.4 Å². The van der Waals surface area contributed by atoms with E-state index in [1.54, 1.807) is 6.07 Å². The van der Waals surface area contributed by atoms with Crippen LogP contribution in [0.15, 0.2) is 54.6 Å². The first-order chi connectivity index (χ1) is 26.6. The van der Waals surface area contributed by atoms with Crippen LogP contribution >= 0.6 is 11.6 Å². The minimum Gasteiger partial charge on any atom is -0.371 e. The van der Waals surface area contributed by atoms with Gasteiger partial charge in [0.15, 0.2) is 0 Å². The van der Waals surface area contributed by atoms with E-state index in [2.05, 4.69) is 38.3 Å². The molecule has 5 amide bonds. The molecule has 12 nitrogen and oxygen atoms in total. The van der Waals surface area contributed by atoms with Gasteiger partial charge >= 0.3 is 0 Å². The number of rotatable bonds is 8. The first-order valence-electron chi connectivity index (χ1n) is 19.4. The fourth-order valence-electron chi connectivity index (χ4n) is 9.19. The van der Waals surface area contributed by atoms with E-state index in [1.807, 2.05) is 48.5 Å². The molecule has 55 heavy (non-hydrogen) atoms. The van der Waals surface area contributed by atoms with E-state index in [-0.39, 0.29) is 30.7 Å². The Morgan fingerprint density at radius 1 is 0.891 bits per heavy atom. The molecular formula is C42H44ClN7O5. The summed E-state index contributed by atoms with van der Waals surface area (Å²) >= 11 is 6.32. The number of piperidine rings is 2. The zero-order valence-corrected chi connectivity index (χ0v) is 31.6. The van der Waals surface area contributed by atoms with Crippen molar-refractivity contribution in [2.75, 3.05) is 29.4 Å². The normalized spacial score (nSPS) is 23.0. The van der Waals surface area contributed by atoms with Crippen molar-refractivity contribution in [3.05, 3.63) is 93.0 Å². The lowest BCUT2D eigenvalue weighted by atomic mass is 9.89. The molecule has 0 radical (unpaired) electrons. The first-order valence-corrected chi connectivity index (χ1v) is 19.7. The molecule has 2 saturated heterocycles. The van der Waals surface area contributed by atoms with E-state index in [4.69, 9.17) is 11.6 Å². The summed E-state index contributed by atoms with van der Waals surface area (Å²) in [5.74, 6) is -1.98. The van der Waals surface area contributed by atoms with Gasteiger partial charge in [-0.3, -0.25) is 39.1 Å². The zero-order chi connectivity index (χ0) is 38.4. The molecule has 13 heteroatoms. The van der Waals surface area contributed by atoms with E-state index in [1.165, 1.54) is 0 Å². The van der Waals surface area contributed by atoms with E-state index in [0.717, 1.165) is 85.6 Å². The average Bonchev–Trinajstić information content (AvgIpc) is 3.72. The van der Waals surface area contributed by atoms with Gasteiger partial charge in [-0.1, -0.05) is 11.6 Å². The number of carbonyl (C=O) groups excluding carboxylic acids is 5. The maximum absolute atomic E-state index is 13.3. The Kier molecular flexibility index (Phi) is 10.1. The fraction of sp³-hybridized carbons (Fsp3) is 0.429. The predicted molar refractivity (Wildman–Crippen MR) is 207 cm³/mol. The molecule has 2 N–H and O–H groups in total. The molecule has 1 saturated carbocycles. The standard InChI is InChI=1S/C42H44ClN7O5/c1-2-49(33-10-5-26(22-44)36(43)21-33)32-11-6-29(7-12-32)45-39(52)25-3-8-30(9-4-25)47-17-15-31(16-18-47)48-23-27-19-34-35(20-28(27)24-48)42(55)50(41(34)54)37-13-14-38(51)46-40(37)53/h3-5,8-10,19-21,29,31-32,37H,2,6-7,11-18,23-24H2,1H3,(H,45,52)(H,46,51,53). The van der Waals surface area contributed by atoms with Crippen molar-refractivity contribution in [1.29, 1.82) is 5.26 Å². The molecule has 0 bridgehead atoms. The Labute approximate surface area is 325 Å². The van der Waals surface area contributed by atoms with Crippen molar-refractivity contribution in [1.82, 2.24) is 20.4 Å². The van der Waals surface area contributed by atoms with Crippen LogP contribution in [-0.4, -0.2) is 83.1 Å². The number of benzene rings is 3. The minimum absolute atomic E-state index is 0.0495. The number of carbonyl (C=O) groups is 5. The average molecular weight is 762 g/mol. The van der Waals surface area contributed by atoms with Gasteiger partial charge in [0.2, 0.25) is 11.8 Å². The zero-order valence-electron chi connectivity index (χ0n) is 30.9. The smallest absolute Gasteiger partial charge is 0.262 e. The van der Waals surface area contributed by atoms with Crippen molar-refractivity contribution in [3.8, 4) is 6.07 Å². The minimum atomic E-state index is -0.965. The highest BCUT2D eigenvalue weighted by molar-refractivity contribution is 6.32. The van der Waals surface area contributed by atoms with E-state index in [9.17, 15) is 29.2 Å². The molecular weight excluding hydrogens is 718 g/mol. The topological polar surface area (TPSA) is 146 Å². The van der Waals surface area contributed by atoms with Gasteiger partial charge in [-0.25, -0.2) is 0 Å². The van der Waals surface area contributed by atoms with Crippen molar-refractivity contribution in [3.63, 3.8) is 0 Å². The van der Waals surface area contributed by atoms with Crippen LogP contribution in [0.4, 0.5) is 11.4 Å². The molecule has 284 valence electrons. The molecule has 1 atom stereocenters. The monoisotopic (exact) mass is 761 g/mol. The van der Waals surface area contributed by atoms with Gasteiger partial charge in [0.1, 0.15) is 12.1 Å². The number of anilines is 2. The van der Waals surface area contributed by atoms with E-state index < -0.39 is 23.8 Å². The third-order valence-corrected chi connectivity index (χ3v) is 12.5. The lowest BCUT2D eigenvalue weighted by molar-refractivity contribution is -0.136. The maximum Gasteiger partial charge on any atom is 0.262 e.